The number of nitrogens with one attached hydrogen (secondary N) is 2. The Bertz CT molecular complexity index is 914. The third kappa shape index (κ3) is 6.37. The van der Waals surface area contributed by atoms with Gasteiger partial charge in [0.25, 0.3) is 11.8 Å². The first-order valence-corrected chi connectivity index (χ1v) is 9.12. The minimum absolute atomic E-state index is 0.242. The van der Waals surface area contributed by atoms with E-state index in [9.17, 15) is 9.59 Å². The van der Waals surface area contributed by atoms with Crippen LogP contribution in [-0.2, 0) is 4.79 Å². The Morgan fingerprint density at radius 3 is 2.20 bits per heavy atom. The Labute approximate surface area is 175 Å². The Kier molecular flexibility index (Phi) is 8.43. The van der Waals surface area contributed by atoms with Crippen molar-refractivity contribution >= 4 is 24.1 Å². The van der Waals surface area contributed by atoms with Crippen LogP contribution in [0.15, 0.2) is 53.1 Å². The SMILES string of the molecule is COc1cc(C(=O)NCC(=O)NN=C/C(C)=C\c2ccccc2)cc(OC)c1OC. The normalized spacial score (nSPS) is 11.1. The zero-order valence-corrected chi connectivity index (χ0v) is 17.4. The zero-order valence-electron chi connectivity index (χ0n) is 17.4. The maximum atomic E-state index is 12.4. The molecule has 2 N–H and O–H groups in total. The summed E-state index contributed by atoms with van der Waals surface area (Å²) in [7, 11) is 4.39. The fourth-order valence-electron chi connectivity index (χ4n) is 2.57. The van der Waals surface area contributed by atoms with Crippen molar-refractivity contribution in [3.8, 4) is 17.2 Å². The number of carbonyl (C=O) groups excluding carboxylic acids is 2. The molecule has 2 amide bonds. The van der Waals surface area contributed by atoms with E-state index in [0.717, 1.165) is 11.1 Å². The van der Waals surface area contributed by atoms with Crippen LogP contribution in [-0.4, -0.2) is 45.9 Å². The number of hydrogen-bond acceptors (Lipinski definition) is 6. The molecule has 0 spiro atoms. The molecule has 0 aliphatic heterocycles. The fourth-order valence-corrected chi connectivity index (χ4v) is 2.57. The highest BCUT2D eigenvalue weighted by molar-refractivity contribution is 5.97. The number of benzene rings is 2. The first-order valence-electron chi connectivity index (χ1n) is 9.12. The van der Waals surface area contributed by atoms with Crippen LogP contribution in [0.4, 0.5) is 0 Å². The first kappa shape index (κ1) is 22.5. The molecule has 0 saturated carbocycles. The van der Waals surface area contributed by atoms with Crippen LogP contribution >= 0.6 is 0 Å². The zero-order chi connectivity index (χ0) is 21.9. The van der Waals surface area contributed by atoms with Crippen LogP contribution in [0.2, 0.25) is 0 Å². The molecule has 158 valence electrons. The molecule has 8 nitrogen and oxygen atoms in total. The van der Waals surface area contributed by atoms with Crippen molar-refractivity contribution in [3.05, 3.63) is 59.2 Å². The highest BCUT2D eigenvalue weighted by Crippen LogP contribution is 2.38. The molecule has 8 heteroatoms. The number of ether oxygens (including phenoxy) is 3. The number of methoxy groups -OCH3 is 3. The largest absolute Gasteiger partial charge is 0.493 e. The molecule has 2 aromatic rings. The summed E-state index contributed by atoms with van der Waals surface area (Å²) in [5, 5.41) is 6.42. The van der Waals surface area contributed by atoms with Gasteiger partial charge in [-0.05, 0) is 30.2 Å². The molecule has 2 aromatic carbocycles. The minimum atomic E-state index is -0.464. The van der Waals surface area contributed by atoms with Crippen molar-refractivity contribution in [3.63, 3.8) is 0 Å². The Hall–Kier alpha value is -3.81. The summed E-state index contributed by atoms with van der Waals surface area (Å²) in [6.07, 6.45) is 3.47. The van der Waals surface area contributed by atoms with E-state index in [1.54, 1.807) is 0 Å². The number of amides is 2. The van der Waals surface area contributed by atoms with Crippen LogP contribution in [0, 0.1) is 0 Å². The molecule has 0 aliphatic rings. The fraction of sp³-hybridized carbons (Fsp3) is 0.227. The van der Waals surface area contributed by atoms with Gasteiger partial charge in [0.15, 0.2) is 11.5 Å². The number of hydrazone groups is 1. The molecule has 2 rings (SSSR count). The predicted octanol–water partition coefficient (Wildman–Crippen LogP) is 2.65. The van der Waals surface area contributed by atoms with Crippen molar-refractivity contribution in [2.24, 2.45) is 5.10 Å². The average Bonchev–Trinajstić information content (AvgIpc) is 2.76. The van der Waals surface area contributed by atoms with Gasteiger partial charge in [-0.1, -0.05) is 36.4 Å². The van der Waals surface area contributed by atoms with Crippen molar-refractivity contribution in [1.82, 2.24) is 10.7 Å². The van der Waals surface area contributed by atoms with Crippen molar-refractivity contribution in [2.75, 3.05) is 27.9 Å². The van der Waals surface area contributed by atoms with Crippen LogP contribution < -0.4 is 25.0 Å². The van der Waals surface area contributed by atoms with E-state index < -0.39 is 11.8 Å². The molecule has 0 fully saturated rings. The lowest BCUT2D eigenvalue weighted by Gasteiger charge is -2.14. The lowest BCUT2D eigenvalue weighted by molar-refractivity contribution is -0.120. The van der Waals surface area contributed by atoms with Crippen LogP contribution in [0.5, 0.6) is 17.2 Å². The van der Waals surface area contributed by atoms with Gasteiger partial charge in [0.05, 0.1) is 34.1 Å². The summed E-state index contributed by atoms with van der Waals surface area (Å²) in [6, 6.07) is 12.8. The maximum Gasteiger partial charge on any atom is 0.259 e. The number of rotatable bonds is 9. The molecular weight excluding hydrogens is 386 g/mol. The summed E-state index contributed by atoms with van der Waals surface area (Å²) < 4.78 is 15.7. The summed E-state index contributed by atoms with van der Waals surface area (Å²) in [4.78, 5) is 24.3. The van der Waals surface area contributed by atoms with Gasteiger partial charge in [-0.25, -0.2) is 5.43 Å². The second-order valence-corrected chi connectivity index (χ2v) is 6.19. The van der Waals surface area contributed by atoms with E-state index in [1.165, 1.54) is 39.7 Å². The van der Waals surface area contributed by atoms with Gasteiger partial charge < -0.3 is 19.5 Å². The summed E-state index contributed by atoms with van der Waals surface area (Å²) >= 11 is 0. The molecule has 0 heterocycles. The minimum Gasteiger partial charge on any atom is -0.493 e. The molecule has 0 bridgehead atoms. The maximum absolute atomic E-state index is 12.4. The summed E-state index contributed by atoms with van der Waals surface area (Å²) in [6.45, 7) is 1.63. The molecule has 0 aliphatic carbocycles. The van der Waals surface area contributed by atoms with E-state index in [0.29, 0.717) is 17.2 Å². The van der Waals surface area contributed by atoms with Crippen LogP contribution in [0.25, 0.3) is 6.08 Å². The third-order valence-corrected chi connectivity index (χ3v) is 3.99. The lowest BCUT2D eigenvalue weighted by atomic mass is 10.1. The standard InChI is InChI=1S/C22H25N3O5/c1-15(10-16-8-6-5-7-9-16)13-24-25-20(26)14-23-22(27)17-11-18(28-2)21(30-4)19(12-17)29-3/h5-13H,14H2,1-4H3,(H,23,27)(H,25,26)/b15-10-,24-13?. The van der Waals surface area contributed by atoms with Crippen LogP contribution in [0.3, 0.4) is 0 Å². The topological polar surface area (TPSA) is 98.2 Å². The van der Waals surface area contributed by atoms with Gasteiger partial charge >= 0.3 is 0 Å². The quantitative estimate of drug-likeness (QED) is 0.488. The van der Waals surface area contributed by atoms with Crippen molar-refractivity contribution in [2.45, 2.75) is 6.92 Å². The van der Waals surface area contributed by atoms with Crippen molar-refractivity contribution < 1.29 is 23.8 Å². The van der Waals surface area contributed by atoms with E-state index >= 15 is 0 Å². The predicted molar refractivity (Wildman–Crippen MR) is 115 cm³/mol. The Morgan fingerprint density at radius 1 is 1.00 bits per heavy atom. The van der Waals surface area contributed by atoms with Gasteiger partial charge in [0.2, 0.25) is 5.75 Å². The average molecular weight is 411 g/mol. The van der Waals surface area contributed by atoms with Gasteiger partial charge in [0.1, 0.15) is 0 Å². The number of allylic oxidation sites excluding steroid dienone is 1. The van der Waals surface area contributed by atoms with E-state index in [2.05, 4.69) is 15.8 Å². The Morgan fingerprint density at radius 2 is 1.63 bits per heavy atom. The highest BCUT2D eigenvalue weighted by atomic mass is 16.5. The second kappa shape index (κ2) is 11.3. The number of carbonyl (C=O) groups is 2. The lowest BCUT2D eigenvalue weighted by Crippen LogP contribution is -2.34. The summed E-state index contributed by atoms with van der Waals surface area (Å²) in [5.41, 5.74) is 4.54. The second-order valence-electron chi connectivity index (χ2n) is 6.19. The van der Waals surface area contributed by atoms with Crippen molar-refractivity contribution in [1.29, 1.82) is 0 Å². The highest BCUT2D eigenvalue weighted by Gasteiger charge is 2.17. The first-order chi connectivity index (χ1) is 14.5. The molecular formula is C22H25N3O5. The Balaban J connectivity index is 1.91. The molecule has 0 unspecified atom stereocenters. The van der Waals surface area contributed by atoms with E-state index in [-0.39, 0.29) is 12.1 Å². The van der Waals surface area contributed by atoms with Gasteiger partial charge in [-0.3, -0.25) is 9.59 Å². The molecule has 30 heavy (non-hydrogen) atoms. The van der Waals surface area contributed by atoms with Gasteiger partial charge in [-0.15, -0.1) is 0 Å². The van der Waals surface area contributed by atoms with E-state index in [4.69, 9.17) is 14.2 Å². The monoisotopic (exact) mass is 411 g/mol. The molecule has 0 aromatic heterocycles. The summed E-state index contributed by atoms with van der Waals surface area (Å²) in [5.74, 6) is 0.143. The van der Waals surface area contributed by atoms with Gasteiger partial charge in [0, 0.05) is 5.56 Å². The molecule has 0 atom stereocenters. The molecule has 0 radical (unpaired) electrons. The van der Waals surface area contributed by atoms with E-state index in [1.807, 2.05) is 43.3 Å². The van der Waals surface area contributed by atoms with Gasteiger partial charge in [-0.2, -0.15) is 5.10 Å². The number of hydrogen-bond donors (Lipinski definition) is 2. The number of nitrogens with zero attached hydrogens (tertiary/aromatic N) is 1. The molecule has 0 saturated heterocycles. The smallest absolute Gasteiger partial charge is 0.259 e. The third-order valence-electron chi connectivity index (χ3n) is 3.99. The van der Waals surface area contributed by atoms with Crippen LogP contribution in [0.1, 0.15) is 22.8 Å².